The molecule has 0 spiro atoms. The van der Waals surface area contributed by atoms with Crippen molar-refractivity contribution in [1.29, 1.82) is 0 Å². The van der Waals surface area contributed by atoms with Gasteiger partial charge in [-0.15, -0.1) is 0 Å². The van der Waals surface area contributed by atoms with Crippen molar-refractivity contribution in [2.24, 2.45) is 11.3 Å². The molecule has 3 heteroatoms. The zero-order valence-electron chi connectivity index (χ0n) is 9.68. The summed E-state index contributed by atoms with van der Waals surface area (Å²) in [6.45, 7) is 9.91. The van der Waals surface area contributed by atoms with Gasteiger partial charge >= 0.3 is 0 Å². The van der Waals surface area contributed by atoms with E-state index in [1.165, 1.54) is 12.8 Å². The van der Waals surface area contributed by atoms with Crippen LogP contribution in [0.4, 0.5) is 0 Å². The molecule has 1 rings (SSSR count). The average Bonchev–Trinajstić information content (AvgIpc) is 2.09. The van der Waals surface area contributed by atoms with Gasteiger partial charge in [0.25, 0.3) is 0 Å². The number of hydrogen-bond acceptors (Lipinski definition) is 1. The van der Waals surface area contributed by atoms with E-state index in [4.69, 9.17) is 12.2 Å². The molecule has 1 fully saturated rings. The first-order chi connectivity index (χ1) is 6.42. The molecule has 0 heterocycles. The van der Waals surface area contributed by atoms with Crippen LogP contribution in [0.5, 0.6) is 0 Å². The summed E-state index contributed by atoms with van der Waals surface area (Å²) in [4.78, 5) is 0. The fourth-order valence-corrected chi connectivity index (χ4v) is 1.87. The summed E-state index contributed by atoms with van der Waals surface area (Å²) in [6.07, 6.45) is 2.55. The maximum Gasteiger partial charge on any atom is 0.166 e. The van der Waals surface area contributed by atoms with E-state index in [0.29, 0.717) is 17.4 Å². The second kappa shape index (κ2) is 4.47. The van der Waals surface area contributed by atoms with Crippen molar-refractivity contribution in [2.75, 3.05) is 6.54 Å². The Morgan fingerprint density at radius 2 is 2.14 bits per heavy atom. The Morgan fingerprint density at radius 1 is 1.50 bits per heavy atom. The first kappa shape index (κ1) is 11.8. The van der Waals surface area contributed by atoms with Crippen LogP contribution in [-0.2, 0) is 0 Å². The number of nitrogens with one attached hydrogen (secondary N) is 2. The highest BCUT2D eigenvalue weighted by Crippen LogP contribution is 2.39. The van der Waals surface area contributed by atoms with Gasteiger partial charge in [-0.2, -0.15) is 0 Å². The van der Waals surface area contributed by atoms with Gasteiger partial charge in [-0.3, -0.25) is 0 Å². The van der Waals surface area contributed by atoms with Crippen molar-refractivity contribution in [2.45, 2.75) is 46.6 Å². The quantitative estimate of drug-likeness (QED) is 0.705. The van der Waals surface area contributed by atoms with Crippen LogP contribution in [0.3, 0.4) is 0 Å². The lowest BCUT2D eigenvalue weighted by molar-refractivity contribution is 0.126. The summed E-state index contributed by atoms with van der Waals surface area (Å²) in [5.74, 6) is 0.643. The zero-order chi connectivity index (χ0) is 10.8. The van der Waals surface area contributed by atoms with Gasteiger partial charge < -0.3 is 10.6 Å². The molecule has 1 unspecified atom stereocenters. The van der Waals surface area contributed by atoms with Gasteiger partial charge in [0.2, 0.25) is 0 Å². The molecule has 0 bridgehead atoms. The molecular weight excluding hydrogens is 192 g/mol. The van der Waals surface area contributed by atoms with E-state index in [1.807, 2.05) is 0 Å². The smallest absolute Gasteiger partial charge is 0.166 e. The summed E-state index contributed by atoms with van der Waals surface area (Å²) in [5.41, 5.74) is 0.420. The molecule has 14 heavy (non-hydrogen) atoms. The lowest BCUT2D eigenvalue weighted by Gasteiger charge is -2.45. The van der Waals surface area contributed by atoms with Gasteiger partial charge in [-0.1, -0.05) is 27.7 Å². The molecule has 0 aromatic heterocycles. The molecule has 82 valence electrons. The predicted molar refractivity (Wildman–Crippen MR) is 65.4 cm³/mol. The third-order valence-electron chi connectivity index (χ3n) is 3.00. The van der Waals surface area contributed by atoms with Crippen LogP contribution < -0.4 is 10.6 Å². The Kier molecular flexibility index (Phi) is 3.76. The normalized spacial score (nSPS) is 24.2. The van der Waals surface area contributed by atoms with E-state index in [-0.39, 0.29) is 0 Å². The highest BCUT2D eigenvalue weighted by atomic mass is 32.1. The third-order valence-corrected chi connectivity index (χ3v) is 3.26. The lowest BCUT2D eigenvalue weighted by atomic mass is 9.67. The van der Waals surface area contributed by atoms with Crippen molar-refractivity contribution < 1.29 is 0 Å². The van der Waals surface area contributed by atoms with Gasteiger partial charge in [0.05, 0.1) is 0 Å². The van der Waals surface area contributed by atoms with Crippen molar-refractivity contribution in [1.82, 2.24) is 10.6 Å². The second-order valence-corrected chi connectivity index (χ2v) is 5.74. The first-order valence-corrected chi connectivity index (χ1v) is 5.87. The van der Waals surface area contributed by atoms with E-state index in [2.05, 4.69) is 38.3 Å². The maximum atomic E-state index is 5.23. The Bertz CT molecular complexity index is 211. The SMILES string of the molecule is CC(C)CNC(=S)NC1CCC1(C)C. The monoisotopic (exact) mass is 214 g/mol. The summed E-state index contributed by atoms with van der Waals surface area (Å²) in [6, 6.07) is 0.565. The Labute approximate surface area is 92.8 Å². The van der Waals surface area contributed by atoms with Crippen molar-refractivity contribution in [3.05, 3.63) is 0 Å². The van der Waals surface area contributed by atoms with Crippen molar-refractivity contribution >= 4 is 17.3 Å². The number of rotatable bonds is 3. The minimum atomic E-state index is 0.420. The summed E-state index contributed by atoms with van der Waals surface area (Å²) >= 11 is 5.23. The van der Waals surface area contributed by atoms with Crippen LogP contribution in [-0.4, -0.2) is 17.7 Å². The first-order valence-electron chi connectivity index (χ1n) is 5.46. The molecule has 0 aromatic rings. The summed E-state index contributed by atoms with van der Waals surface area (Å²) in [5, 5.41) is 7.44. The van der Waals surface area contributed by atoms with Crippen molar-refractivity contribution in [3.63, 3.8) is 0 Å². The minimum Gasteiger partial charge on any atom is -0.362 e. The molecule has 2 N–H and O–H groups in total. The highest BCUT2D eigenvalue weighted by Gasteiger charge is 2.38. The predicted octanol–water partition coefficient (Wildman–Crippen LogP) is 2.30. The van der Waals surface area contributed by atoms with Crippen LogP contribution in [0.2, 0.25) is 0 Å². The van der Waals surface area contributed by atoms with Gasteiger partial charge in [0.15, 0.2) is 5.11 Å². The lowest BCUT2D eigenvalue weighted by Crippen LogP contribution is -2.54. The Morgan fingerprint density at radius 3 is 2.50 bits per heavy atom. The molecule has 0 amide bonds. The van der Waals surface area contributed by atoms with Crippen LogP contribution in [0.15, 0.2) is 0 Å². The van der Waals surface area contributed by atoms with Crippen LogP contribution in [0.1, 0.15) is 40.5 Å². The topological polar surface area (TPSA) is 24.1 Å². The van der Waals surface area contributed by atoms with Crippen LogP contribution in [0.25, 0.3) is 0 Å². The average molecular weight is 214 g/mol. The fraction of sp³-hybridized carbons (Fsp3) is 0.909. The Hall–Kier alpha value is -0.310. The van der Waals surface area contributed by atoms with Crippen molar-refractivity contribution in [3.8, 4) is 0 Å². The van der Waals surface area contributed by atoms with Gasteiger partial charge in [-0.05, 0) is 36.4 Å². The molecule has 0 radical (unpaired) electrons. The van der Waals surface area contributed by atoms with E-state index in [1.54, 1.807) is 0 Å². The fourth-order valence-electron chi connectivity index (χ4n) is 1.64. The maximum absolute atomic E-state index is 5.23. The Balaban J connectivity index is 2.21. The molecule has 1 saturated carbocycles. The number of hydrogen-bond donors (Lipinski definition) is 2. The van der Waals surface area contributed by atoms with E-state index in [0.717, 1.165) is 11.7 Å². The van der Waals surface area contributed by atoms with E-state index < -0.39 is 0 Å². The second-order valence-electron chi connectivity index (χ2n) is 5.33. The molecule has 1 aliphatic rings. The summed E-state index contributed by atoms with van der Waals surface area (Å²) in [7, 11) is 0. The molecule has 0 aromatic carbocycles. The highest BCUT2D eigenvalue weighted by molar-refractivity contribution is 7.80. The van der Waals surface area contributed by atoms with Gasteiger partial charge in [-0.25, -0.2) is 0 Å². The van der Waals surface area contributed by atoms with Crippen LogP contribution >= 0.6 is 12.2 Å². The molecular formula is C11H22N2S. The van der Waals surface area contributed by atoms with Gasteiger partial charge in [0, 0.05) is 12.6 Å². The van der Waals surface area contributed by atoms with E-state index >= 15 is 0 Å². The molecule has 0 saturated heterocycles. The molecule has 1 atom stereocenters. The largest absolute Gasteiger partial charge is 0.362 e. The minimum absolute atomic E-state index is 0.420. The zero-order valence-corrected chi connectivity index (χ0v) is 10.5. The summed E-state index contributed by atoms with van der Waals surface area (Å²) < 4.78 is 0. The third kappa shape index (κ3) is 3.12. The molecule has 2 nitrogen and oxygen atoms in total. The number of thiocarbonyl (C=S) groups is 1. The standard InChI is InChI=1S/C11H22N2S/c1-8(2)7-12-10(14)13-9-5-6-11(9,3)4/h8-9H,5-7H2,1-4H3,(H2,12,13,14). The molecule has 1 aliphatic carbocycles. The van der Waals surface area contributed by atoms with E-state index in [9.17, 15) is 0 Å². The molecule has 0 aliphatic heterocycles. The van der Waals surface area contributed by atoms with Gasteiger partial charge in [0.1, 0.15) is 0 Å². The van der Waals surface area contributed by atoms with Crippen LogP contribution in [0, 0.1) is 11.3 Å².